The Hall–Kier alpha value is -3.36. The molecule has 1 amide bonds. The first-order chi connectivity index (χ1) is 16.3. The fourth-order valence-corrected chi connectivity index (χ4v) is 4.75. The molecule has 0 aliphatic carbocycles. The highest BCUT2D eigenvalue weighted by molar-refractivity contribution is 7.89. The van der Waals surface area contributed by atoms with Crippen molar-refractivity contribution in [3.63, 3.8) is 0 Å². The molecule has 0 spiro atoms. The molecular weight excluding hydrogens is 452 g/mol. The summed E-state index contributed by atoms with van der Waals surface area (Å²) in [6, 6.07) is 19.9. The van der Waals surface area contributed by atoms with E-state index in [4.69, 9.17) is 9.47 Å². The van der Waals surface area contributed by atoms with Gasteiger partial charge < -0.3 is 14.8 Å². The molecule has 0 saturated heterocycles. The summed E-state index contributed by atoms with van der Waals surface area (Å²) in [5, 5.41) is 2.82. The number of rotatable bonds is 11. The molecule has 0 heterocycles. The van der Waals surface area contributed by atoms with Gasteiger partial charge in [0.15, 0.2) is 0 Å². The molecule has 3 aromatic carbocycles. The van der Waals surface area contributed by atoms with Gasteiger partial charge in [-0.1, -0.05) is 42.5 Å². The van der Waals surface area contributed by atoms with Crippen molar-refractivity contribution >= 4 is 21.6 Å². The Labute approximate surface area is 201 Å². The third kappa shape index (κ3) is 6.59. The predicted molar refractivity (Wildman–Crippen MR) is 133 cm³/mol. The number of amides is 1. The van der Waals surface area contributed by atoms with Crippen molar-refractivity contribution in [1.29, 1.82) is 0 Å². The molecule has 180 valence electrons. The van der Waals surface area contributed by atoms with E-state index in [1.807, 2.05) is 44.2 Å². The first kappa shape index (κ1) is 25.3. The molecule has 8 heteroatoms. The largest absolute Gasteiger partial charge is 0.494 e. The Morgan fingerprint density at radius 1 is 0.882 bits per heavy atom. The maximum absolute atomic E-state index is 13.3. The van der Waals surface area contributed by atoms with Gasteiger partial charge in [0.25, 0.3) is 0 Å². The highest BCUT2D eigenvalue weighted by Gasteiger charge is 2.27. The quantitative estimate of drug-likeness (QED) is 0.425. The van der Waals surface area contributed by atoms with E-state index in [2.05, 4.69) is 10.0 Å². The summed E-state index contributed by atoms with van der Waals surface area (Å²) < 4.78 is 40.1. The molecule has 0 bridgehead atoms. The van der Waals surface area contributed by atoms with Crippen LogP contribution >= 0.6 is 0 Å². The average Bonchev–Trinajstić information content (AvgIpc) is 2.82. The zero-order valence-corrected chi connectivity index (χ0v) is 20.4. The number of ether oxygens (including phenoxy) is 2. The Balaban J connectivity index is 1.88. The Morgan fingerprint density at radius 3 is 2.21 bits per heavy atom. The van der Waals surface area contributed by atoms with Gasteiger partial charge >= 0.3 is 0 Å². The molecule has 1 atom stereocenters. The topological polar surface area (TPSA) is 93.7 Å². The van der Waals surface area contributed by atoms with Gasteiger partial charge in [0, 0.05) is 0 Å². The molecule has 0 aromatic heterocycles. The summed E-state index contributed by atoms with van der Waals surface area (Å²) in [6.07, 6.45) is 0.179. The van der Waals surface area contributed by atoms with Crippen molar-refractivity contribution in [1.82, 2.24) is 4.72 Å². The van der Waals surface area contributed by atoms with Gasteiger partial charge in [-0.05, 0) is 68.7 Å². The number of hydrogen-bond donors (Lipinski definition) is 2. The highest BCUT2D eigenvalue weighted by atomic mass is 32.2. The van der Waals surface area contributed by atoms with Crippen LogP contribution in [0.15, 0.2) is 77.7 Å². The van der Waals surface area contributed by atoms with Gasteiger partial charge in [-0.25, -0.2) is 8.42 Å². The molecule has 0 unspecified atom stereocenters. The van der Waals surface area contributed by atoms with Crippen molar-refractivity contribution in [2.24, 2.45) is 0 Å². The molecule has 34 heavy (non-hydrogen) atoms. The van der Waals surface area contributed by atoms with Crippen molar-refractivity contribution in [2.45, 2.75) is 38.1 Å². The molecule has 0 fully saturated rings. The number of hydrogen-bond acceptors (Lipinski definition) is 5. The number of para-hydroxylation sites is 2. The van der Waals surface area contributed by atoms with Gasteiger partial charge in [0.1, 0.15) is 17.5 Å². The normalized spacial score (nSPS) is 12.1. The zero-order chi connectivity index (χ0) is 24.6. The minimum absolute atomic E-state index is 0.0639. The third-order valence-corrected chi connectivity index (χ3v) is 6.57. The first-order valence-corrected chi connectivity index (χ1v) is 12.6. The van der Waals surface area contributed by atoms with Crippen LogP contribution in [0.3, 0.4) is 0 Å². The fraction of sp³-hybridized carbons (Fsp3) is 0.269. The summed E-state index contributed by atoms with van der Waals surface area (Å²) >= 11 is 0. The van der Waals surface area contributed by atoms with Gasteiger partial charge in [-0.3, -0.25) is 4.79 Å². The van der Waals surface area contributed by atoms with Crippen molar-refractivity contribution in [2.75, 3.05) is 18.5 Å². The van der Waals surface area contributed by atoms with Gasteiger partial charge in [0.05, 0.1) is 23.8 Å². The third-order valence-electron chi connectivity index (χ3n) is 5.10. The van der Waals surface area contributed by atoms with E-state index in [0.717, 1.165) is 5.56 Å². The van der Waals surface area contributed by atoms with Crippen LogP contribution in [0, 0.1) is 6.92 Å². The van der Waals surface area contributed by atoms with Crippen LogP contribution in [0.1, 0.15) is 25.0 Å². The number of sulfonamides is 1. The van der Waals surface area contributed by atoms with Crippen LogP contribution in [-0.4, -0.2) is 33.6 Å². The summed E-state index contributed by atoms with van der Waals surface area (Å²) in [7, 11) is -3.99. The Kier molecular flexibility index (Phi) is 8.67. The number of anilines is 1. The van der Waals surface area contributed by atoms with Crippen LogP contribution < -0.4 is 19.5 Å². The molecule has 7 nitrogen and oxygen atoms in total. The molecule has 0 aliphatic heterocycles. The van der Waals surface area contributed by atoms with E-state index in [1.54, 1.807) is 37.3 Å². The lowest BCUT2D eigenvalue weighted by atomic mass is 10.1. The number of carbonyl (C=O) groups is 1. The van der Waals surface area contributed by atoms with Crippen LogP contribution in [0.4, 0.5) is 5.69 Å². The fourth-order valence-electron chi connectivity index (χ4n) is 3.47. The number of aryl methyl sites for hydroxylation is 1. The van der Waals surface area contributed by atoms with Gasteiger partial charge in [-0.2, -0.15) is 4.72 Å². The van der Waals surface area contributed by atoms with Crippen LogP contribution in [0.5, 0.6) is 11.5 Å². The molecule has 3 rings (SSSR count). The van der Waals surface area contributed by atoms with Crippen molar-refractivity contribution < 1.29 is 22.7 Å². The van der Waals surface area contributed by atoms with E-state index in [0.29, 0.717) is 36.0 Å². The van der Waals surface area contributed by atoms with E-state index >= 15 is 0 Å². The minimum Gasteiger partial charge on any atom is -0.494 e. The summed E-state index contributed by atoms with van der Waals surface area (Å²) in [4.78, 5) is 13.3. The lowest BCUT2D eigenvalue weighted by molar-refractivity contribution is -0.117. The standard InChI is InChI=1S/C26H30N2O5S/c1-4-32-24-16-15-21(17-19(24)3)34(30,31)28-23(18-20-11-7-6-8-12-20)26(29)27-22-13-9-10-14-25(22)33-5-2/h6-17,23,28H,4-5,18H2,1-3H3,(H,27,29)/t23-/m1/s1. The molecule has 0 aliphatic rings. The van der Waals surface area contributed by atoms with E-state index in [1.165, 1.54) is 12.1 Å². The summed E-state index contributed by atoms with van der Waals surface area (Å²) in [6.45, 7) is 6.41. The maximum atomic E-state index is 13.3. The average molecular weight is 483 g/mol. The molecule has 3 aromatic rings. The number of benzene rings is 3. The molecular formula is C26H30N2O5S. The number of carbonyl (C=O) groups excluding carboxylic acids is 1. The highest BCUT2D eigenvalue weighted by Crippen LogP contribution is 2.25. The second-order valence-electron chi connectivity index (χ2n) is 7.64. The van der Waals surface area contributed by atoms with Crippen LogP contribution in [0.25, 0.3) is 0 Å². The second-order valence-corrected chi connectivity index (χ2v) is 9.36. The smallest absolute Gasteiger partial charge is 0.243 e. The Morgan fingerprint density at radius 2 is 1.53 bits per heavy atom. The van der Waals surface area contributed by atoms with Gasteiger partial charge in [0.2, 0.25) is 15.9 Å². The van der Waals surface area contributed by atoms with Crippen molar-refractivity contribution in [3.05, 3.63) is 83.9 Å². The lowest BCUT2D eigenvalue weighted by Gasteiger charge is -2.20. The molecule has 0 radical (unpaired) electrons. The Bertz CT molecular complexity index is 1210. The van der Waals surface area contributed by atoms with Gasteiger partial charge in [-0.15, -0.1) is 0 Å². The lowest BCUT2D eigenvalue weighted by Crippen LogP contribution is -2.45. The molecule has 0 saturated carbocycles. The predicted octanol–water partition coefficient (Wildman–Crippen LogP) is 4.32. The minimum atomic E-state index is -3.99. The SMILES string of the molecule is CCOc1ccc(S(=O)(=O)N[C@H](Cc2ccccc2)C(=O)Nc2ccccc2OCC)cc1C. The van der Waals surface area contributed by atoms with E-state index < -0.39 is 22.0 Å². The second kappa shape index (κ2) is 11.7. The monoisotopic (exact) mass is 482 g/mol. The van der Waals surface area contributed by atoms with Crippen molar-refractivity contribution in [3.8, 4) is 11.5 Å². The maximum Gasteiger partial charge on any atom is 0.243 e. The molecule has 2 N–H and O–H groups in total. The summed E-state index contributed by atoms with van der Waals surface area (Å²) in [5.74, 6) is 0.650. The number of nitrogens with one attached hydrogen (secondary N) is 2. The van der Waals surface area contributed by atoms with Crippen LogP contribution in [-0.2, 0) is 21.2 Å². The first-order valence-electron chi connectivity index (χ1n) is 11.2. The van der Waals surface area contributed by atoms with E-state index in [9.17, 15) is 13.2 Å². The van der Waals surface area contributed by atoms with Crippen LogP contribution in [0.2, 0.25) is 0 Å². The van der Waals surface area contributed by atoms with E-state index in [-0.39, 0.29) is 11.3 Å². The summed E-state index contributed by atoms with van der Waals surface area (Å²) in [5.41, 5.74) is 1.99. The zero-order valence-electron chi connectivity index (χ0n) is 19.6.